The molecule has 0 radical (unpaired) electrons. The average molecular weight is 317 g/mol. The smallest absolute Gasteiger partial charge is 0.221 e. The first kappa shape index (κ1) is 17.2. The quantitative estimate of drug-likeness (QED) is 0.473. The van der Waals surface area contributed by atoms with Gasteiger partial charge in [-0.15, -0.1) is 0 Å². The molecule has 1 aromatic heterocycles. The molecule has 126 valence electrons. The largest absolute Gasteiger partial charge is 0.356 e. The summed E-state index contributed by atoms with van der Waals surface area (Å²) >= 11 is 0. The zero-order valence-electron chi connectivity index (χ0n) is 13.8. The van der Waals surface area contributed by atoms with Crippen LogP contribution in [0, 0.1) is 0 Å². The summed E-state index contributed by atoms with van der Waals surface area (Å²) in [6, 6.07) is 6.46. The number of nitrogens with one attached hydrogen (secondary N) is 3. The fourth-order valence-corrected chi connectivity index (χ4v) is 2.05. The molecule has 0 aliphatic heterocycles. The maximum absolute atomic E-state index is 11.6. The lowest BCUT2D eigenvalue weighted by molar-refractivity contribution is -0.120. The second kappa shape index (κ2) is 9.82. The van der Waals surface area contributed by atoms with Crippen molar-refractivity contribution in [3.63, 3.8) is 0 Å². The number of carbonyl (C=O) groups is 1. The Kier molecular flexibility index (Phi) is 7.36. The minimum Gasteiger partial charge on any atom is -0.356 e. The van der Waals surface area contributed by atoms with E-state index < -0.39 is 0 Å². The molecule has 1 saturated carbocycles. The lowest BCUT2D eigenvalue weighted by Crippen LogP contribution is -2.40. The summed E-state index contributed by atoms with van der Waals surface area (Å²) < 4.78 is 0. The summed E-state index contributed by atoms with van der Waals surface area (Å²) in [6.07, 6.45) is 6.43. The molecule has 1 heterocycles. The van der Waals surface area contributed by atoms with Crippen molar-refractivity contribution < 1.29 is 4.79 Å². The SMILES string of the molecule is CCCNC(=O)CCN=C(NCCc1ccccn1)NC1CC1. The second-order valence-corrected chi connectivity index (χ2v) is 5.75. The van der Waals surface area contributed by atoms with Gasteiger partial charge < -0.3 is 16.0 Å². The fraction of sp³-hybridized carbons (Fsp3) is 0.588. The number of hydrogen-bond acceptors (Lipinski definition) is 3. The van der Waals surface area contributed by atoms with E-state index in [2.05, 4.69) is 25.9 Å². The number of nitrogens with zero attached hydrogens (tertiary/aromatic N) is 2. The monoisotopic (exact) mass is 317 g/mol. The van der Waals surface area contributed by atoms with Crippen LogP contribution < -0.4 is 16.0 Å². The third-order valence-electron chi connectivity index (χ3n) is 3.50. The molecule has 1 aliphatic rings. The van der Waals surface area contributed by atoms with Crippen LogP contribution in [0.5, 0.6) is 0 Å². The molecule has 1 aromatic rings. The maximum atomic E-state index is 11.6. The van der Waals surface area contributed by atoms with Gasteiger partial charge in [-0.25, -0.2) is 0 Å². The zero-order chi connectivity index (χ0) is 16.3. The van der Waals surface area contributed by atoms with E-state index in [-0.39, 0.29) is 5.91 Å². The van der Waals surface area contributed by atoms with Gasteiger partial charge in [-0.2, -0.15) is 0 Å². The van der Waals surface area contributed by atoms with E-state index in [0.717, 1.165) is 37.6 Å². The van der Waals surface area contributed by atoms with E-state index in [4.69, 9.17) is 0 Å². The van der Waals surface area contributed by atoms with Crippen molar-refractivity contribution in [3.05, 3.63) is 30.1 Å². The second-order valence-electron chi connectivity index (χ2n) is 5.75. The Bertz CT molecular complexity index is 499. The van der Waals surface area contributed by atoms with Gasteiger partial charge in [0.15, 0.2) is 5.96 Å². The number of hydrogen-bond donors (Lipinski definition) is 3. The van der Waals surface area contributed by atoms with Gasteiger partial charge >= 0.3 is 0 Å². The number of aromatic nitrogens is 1. The van der Waals surface area contributed by atoms with Gasteiger partial charge in [0.05, 0.1) is 6.54 Å². The van der Waals surface area contributed by atoms with Crippen molar-refractivity contribution in [2.45, 2.75) is 45.1 Å². The van der Waals surface area contributed by atoms with Crippen molar-refractivity contribution in [3.8, 4) is 0 Å². The van der Waals surface area contributed by atoms with Crippen molar-refractivity contribution in [2.24, 2.45) is 4.99 Å². The molecule has 0 saturated heterocycles. The fourth-order valence-electron chi connectivity index (χ4n) is 2.05. The van der Waals surface area contributed by atoms with Crippen LogP contribution in [0.1, 0.15) is 38.3 Å². The predicted molar refractivity (Wildman–Crippen MR) is 92.3 cm³/mol. The zero-order valence-corrected chi connectivity index (χ0v) is 13.8. The van der Waals surface area contributed by atoms with E-state index in [1.807, 2.05) is 31.3 Å². The summed E-state index contributed by atoms with van der Waals surface area (Å²) in [5.41, 5.74) is 1.06. The summed E-state index contributed by atoms with van der Waals surface area (Å²) in [5.74, 6) is 0.863. The normalized spacial score (nSPS) is 14.4. The highest BCUT2D eigenvalue weighted by Crippen LogP contribution is 2.18. The minimum atomic E-state index is 0.0647. The molecule has 0 spiro atoms. The van der Waals surface area contributed by atoms with Gasteiger partial charge in [-0.05, 0) is 31.4 Å². The lowest BCUT2D eigenvalue weighted by atomic mass is 10.3. The highest BCUT2D eigenvalue weighted by molar-refractivity contribution is 5.81. The number of rotatable bonds is 9. The lowest BCUT2D eigenvalue weighted by Gasteiger charge is -2.12. The molecule has 23 heavy (non-hydrogen) atoms. The summed E-state index contributed by atoms with van der Waals surface area (Å²) in [6.45, 7) is 4.05. The average Bonchev–Trinajstić information content (AvgIpc) is 3.37. The van der Waals surface area contributed by atoms with Crippen LogP contribution in [0.25, 0.3) is 0 Å². The Labute approximate surface area is 138 Å². The van der Waals surface area contributed by atoms with Crippen LogP contribution in [0.4, 0.5) is 0 Å². The van der Waals surface area contributed by atoms with Crippen LogP contribution in [0.2, 0.25) is 0 Å². The first-order valence-electron chi connectivity index (χ1n) is 8.49. The van der Waals surface area contributed by atoms with Crippen LogP contribution >= 0.6 is 0 Å². The highest BCUT2D eigenvalue weighted by Gasteiger charge is 2.22. The summed E-state index contributed by atoms with van der Waals surface area (Å²) in [4.78, 5) is 20.4. The molecule has 1 amide bonds. The van der Waals surface area contributed by atoms with Gasteiger partial charge in [-0.1, -0.05) is 13.0 Å². The third kappa shape index (κ3) is 7.63. The number of aliphatic imine (C=N–C) groups is 1. The Morgan fingerprint density at radius 3 is 2.87 bits per heavy atom. The topological polar surface area (TPSA) is 78.4 Å². The maximum Gasteiger partial charge on any atom is 0.221 e. The van der Waals surface area contributed by atoms with Crippen molar-refractivity contribution in [2.75, 3.05) is 19.6 Å². The Morgan fingerprint density at radius 1 is 1.30 bits per heavy atom. The molecule has 1 aliphatic carbocycles. The number of carbonyl (C=O) groups excluding carboxylic acids is 1. The highest BCUT2D eigenvalue weighted by atomic mass is 16.1. The van der Waals surface area contributed by atoms with Crippen molar-refractivity contribution in [1.82, 2.24) is 20.9 Å². The van der Waals surface area contributed by atoms with Gasteiger partial charge in [0.1, 0.15) is 0 Å². The van der Waals surface area contributed by atoms with Crippen molar-refractivity contribution >= 4 is 11.9 Å². The molecule has 0 unspecified atom stereocenters. The van der Waals surface area contributed by atoms with Crippen LogP contribution in [-0.4, -0.2) is 42.5 Å². The molecule has 0 bridgehead atoms. The first-order valence-corrected chi connectivity index (χ1v) is 8.49. The molecule has 0 aromatic carbocycles. The molecule has 0 atom stereocenters. The number of pyridine rings is 1. The van der Waals surface area contributed by atoms with Crippen LogP contribution in [0.15, 0.2) is 29.4 Å². The molecule has 2 rings (SSSR count). The van der Waals surface area contributed by atoms with E-state index in [0.29, 0.717) is 19.0 Å². The standard InChI is InChI=1S/C17H27N5O/c1-2-10-19-16(23)9-13-21-17(22-15-6-7-15)20-12-8-14-5-3-4-11-18-14/h3-5,11,15H,2,6-10,12-13H2,1H3,(H,19,23)(H2,20,21,22). The molecule has 6 nitrogen and oxygen atoms in total. The van der Waals surface area contributed by atoms with Gasteiger partial charge in [0.25, 0.3) is 0 Å². The van der Waals surface area contributed by atoms with Crippen LogP contribution in [0.3, 0.4) is 0 Å². The van der Waals surface area contributed by atoms with E-state index in [1.165, 1.54) is 12.8 Å². The molecule has 1 fully saturated rings. The van der Waals surface area contributed by atoms with Crippen LogP contribution in [-0.2, 0) is 11.2 Å². The van der Waals surface area contributed by atoms with Crippen molar-refractivity contribution in [1.29, 1.82) is 0 Å². The minimum absolute atomic E-state index is 0.0647. The predicted octanol–water partition coefficient (Wildman–Crippen LogP) is 1.24. The third-order valence-corrected chi connectivity index (χ3v) is 3.50. The summed E-state index contributed by atoms with van der Waals surface area (Å²) in [5, 5.41) is 9.57. The van der Waals surface area contributed by atoms with E-state index >= 15 is 0 Å². The summed E-state index contributed by atoms with van der Waals surface area (Å²) in [7, 11) is 0. The molecular weight excluding hydrogens is 290 g/mol. The Balaban J connectivity index is 1.72. The van der Waals surface area contributed by atoms with E-state index in [9.17, 15) is 4.79 Å². The van der Waals surface area contributed by atoms with Gasteiger partial charge in [-0.3, -0.25) is 14.8 Å². The Morgan fingerprint density at radius 2 is 2.17 bits per heavy atom. The Hall–Kier alpha value is -2.11. The van der Waals surface area contributed by atoms with E-state index in [1.54, 1.807) is 0 Å². The first-order chi connectivity index (χ1) is 11.3. The van der Waals surface area contributed by atoms with Gasteiger partial charge in [0.2, 0.25) is 5.91 Å². The number of guanidine groups is 1. The molecular formula is C17H27N5O. The molecule has 6 heteroatoms. The molecule has 3 N–H and O–H groups in total. The number of amides is 1. The van der Waals surface area contributed by atoms with Gasteiger partial charge in [0, 0.05) is 43.9 Å².